The van der Waals surface area contributed by atoms with E-state index < -0.39 is 0 Å². The van der Waals surface area contributed by atoms with E-state index in [0.717, 1.165) is 44.3 Å². The summed E-state index contributed by atoms with van der Waals surface area (Å²) in [6.45, 7) is 1.85. The lowest BCUT2D eigenvalue weighted by atomic mass is 10.0. The SMILES string of the molecule is COC1(c2noc(-c3ccc4c(c3)CNC4)n2)CCCC1. The van der Waals surface area contributed by atoms with Crippen LogP contribution in [0.15, 0.2) is 22.7 Å². The van der Waals surface area contributed by atoms with Gasteiger partial charge in [-0.15, -0.1) is 0 Å². The summed E-state index contributed by atoms with van der Waals surface area (Å²) in [5.74, 6) is 1.28. The van der Waals surface area contributed by atoms with E-state index in [9.17, 15) is 0 Å². The van der Waals surface area contributed by atoms with Crippen molar-refractivity contribution in [3.8, 4) is 11.5 Å². The van der Waals surface area contributed by atoms with E-state index in [4.69, 9.17) is 9.26 Å². The van der Waals surface area contributed by atoms with Crippen LogP contribution in [-0.4, -0.2) is 17.3 Å². The van der Waals surface area contributed by atoms with Gasteiger partial charge in [0.2, 0.25) is 5.82 Å². The Kier molecular flexibility index (Phi) is 3.05. The fourth-order valence-corrected chi connectivity index (χ4v) is 3.42. The first kappa shape index (κ1) is 13.0. The number of benzene rings is 1. The van der Waals surface area contributed by atoms with Gasteiger partial charge in [-0.05, 0) is 48.9 Å². The van der Waals surface area contributed by atoms with E-state index >= 15 is 0 Å². The number of methoxy groups -OCH3 is 1. The van der Waals surface area contributed by atoms with Gasteiger partial charge in [-0.25, -0.2) is 0 Å². The van der Waals surface area contributed by atoms with Gasteiger partial charge in [0.25, 0.3) is 5.89 Å². The molecule has 0 bridgehead atoms. The molecule has 1 fully saturated rings. The third-order valence-corrected chi connectivity index (χ3v) is 4.72. The lowest BCUT2D eigenvalue weighted by molar-refractivity contribution is -0.0178. The lowest BCUT2D eigenvalue weighted by Crippen LogP contribution is -2.25. The third kappa shape index (κ3) is 2.08. The van der Waals surface area contributed by atoms with Crippen molar-refractivity contribution in [2.24, 2.45) is 0 Å². The Balaban J connectivity index is 1.68. The molecule has 0 spiro atoms. The van der Waals surface area contributed by atoms with Gasteiger partial charge < -0.3 is 14.6 Å². The first-order chi connectivity index (χ1) is 10.3. The number of ether oxygens (including phenoxy) is 1. The van der Waals surface area contributed by atoms with Gasteiger partial charge in [0.05, 0.1) is 0 Å². The Morgan fingerprint density at radius 3 is 2.81 bits per heavy atom. The van der Waals surface area contributed by atoms with Crippen molar-refractivity contribution >= 4 is 0 Å². The summed E-state index contributed by atoms with van der Waals surface area (Å²) in [5.41, 5.74) is 3.30. The largest absolute Gasteiger partial charge is 0.370 e. The van der Waals surface area contributed by atoms with Crippen molar-refractivity contribution in [1.82, 2.24) is 15.5 Å². The molecule has 4 rings (SSSR count). The molecule has 110 valence electrons. The zero-order chi connectivity index (χ0) is 14.3. The number of hydrogen-bond acceptors (Lipinski definition) is 5. The molecule has 2 aliphatic rings. The molecule has 1 aliphatic heterocycles. The highest BCUT2D eigenvalue weighted by molar-refractivity contribution is 5.56. The second-order valence-corrected chi connectivity index (χ2v) is 5.92. The quantitative estimate of drug-likeness (QED) is 0.939. The van der Waals surface area contributed by atoms with E-state index in [1.165, 1.54) is 11.1 Å². The number of rotatable bonds is 3. The summed E-state index contributed by atoms with van der Waals surface area (Å²) in [5, 5.41) is 7.53. The molecule has 1 aliphatic carbocycles. The first-order valence-electron chi connectivity index (χ1n) is 7.53. The maximum atomic E-state index is 5.71. The Morgan fingerprint density at radius 2 is 2.00 bits per heavy atom. The monoisotopic (exact) mass is 285 g/mol. The predicted molar refractivity (Wildman–Crippen MR) is 77.4 cm³/mol. The second kappa shape index (κ2) is 4.93. The van der Waals surface area contributed by atoms with E-state index in [0.29, 0.717) is 11.7 Å². The Labute approximate surface area is 123 Å². The molecule has 0 amide bonds. The van der Waals surface area contributed by atoms with Gasteiger partial charge in [-0.3, -0.25) is 0 Å². The van der Waals surface area contributed by atoms with Crippen LogP contribution in [0.4, 0.5) is 0 Å². The first-order valence-corrected chi connectivity index (χ1v) is 7.53. The summed E-state index contributed by atoms with van der Waals surface area (Å²) >= 11 is 0. The number of nitrogens with zero attached hydrogens (tertiary/aromatic N) is 2. The topological polar surface area (TPSA) is 60.2 Å². The molecular formula is C16H19N3O2. The van der Waals surface area contributed by atoms with Crippen molar-refractivity contribution in [2.45, 2.75) is 44.4 Å². The van der Waals surface area contributed by atoms with E-state index in [1.807, 2.05) is 0 Å². The standard InChI is InChI=1S/C16H19N3O2/c1-20-16(6-2-3-7-16)15-18-14(21-19-15)11-4-5-12-9-17-10-13(12)8-11/h4-5,8,17H,2-3,6-7,9-10H2,1H3. The van der Waals surface area contributed by atoms with Crippen LogP contribution in [0.3, 0.4) is 0 Å². The van der Waals surface area contributed by atoms with Crippen molar-refractivity contribution in [3.05, 3.63) is 35.2 Å². The van der Waals surface area contributed by atoms with Crippen LogP contribution in [0.2, 0.25) is 0 Å². The second-order valence-electron chi connectivity index (χ2n) is 5.92. The van der Waals surface area contributed by atoms with Crippen LogP contribution in [0.5, 0.6) is 0 Å². The van der Waals surface area contributed by atoms with E-state index in [1.54, 1.807) is 7.11 Å². The maximum Gasteiger partial charge on any atom is 0.258 e. The van der Waals surface area contributed by atoms with Crippen LogP contribution < -0.4 is 5.32 Å². The van der Waals surface area contributed by atoms with Crippen LogP contribution in [0, 0.1) is 0 Å². The minimum atomic E-state index is -0.347. The summed E-state index contributed by atoms with van der Waals surface area (Å²) in [6.07, 6.45) is 4.25. The highest BCUT2D eigenvalue weighted by atomic mass is 16.5. The summed E-state index contributed by atoms with van der Waals surface area (Å²) < 4.78 is 11.2. The Bertz CT molecular complexity index is 659. The average Bonchev–Trinajstić information content (AvgIpc) is 3.25. The number of hydrogen-bond donors (Lipinski definition) is 1. The summed E-state index contributed by atoms with van der Waals surface area (Å²) in [7, 11) is 1.74. The van der Waals surface area contributed by atoms with Gasteiger partial charge in [0.15, 0.2) is 0 Å². The molecule has 0 saturated heterocycles. The van der Waals surface area contributed by atoms with Crippen LogP contribution >= 0.6 is 0 Å². The van der Waals surface area contributed by atoms with Crippen LogP contribution in [0.1, 0.15) is 42.6 Å². The van der Waals surface area contributed by atoms with E-state index in [2.05, 4.69) is 33.7 Å². The molecule has 0 atom stereocenters. The fraction of sp³-hybridized carbons (Fsp3) is 0.500. The molecule has 1 aromatic carbocycles. The molecular weight excluding hydrogens is 266 g/mol. The lowest BCUT2D eigenvalue weighted by Gasteiger charge is -2.22. The molecule has 5 nitrogen and oxygen atoms in total. The normalized spacial score (nSPS) is 19.9. The van der Waals surface area contributed by atoms with Gasteiger partial charge in [-0.2, -0.15) is 4.98 Å². The average molecular weight is 285 g/mol. The molecule has 1 N–H and O–H groups in total. The molecule has 2 heterocycles. The molecule has 1 saturated carbocycles. The zero-order valence-electron chi connectivity index (χ0n) is 12.2. The minimum Gasteiger partial charge on any atom is -0.370 e. The van der Waals surface area contributed by atoms with Crippen molar-refractivity contribution in [1.29, 1.82) is 0 Å². The number of fused-ring (bicyclic) bond motifs is 1. The van der Waals surface area contributed by atoms with Crippen LogP contribution in [-0.2, 0) is 23.4 Å². The van der Waals surface area contributed by atoms with Gasteiger partial charge in [0, 0.05) is 25.8 Å². The third-order valence-electron chi connectivity index (χ3n) is 4.72. The number of aromatic nitrogens is 2. The van der Waals surface area contributed by atoms with Gasteiger partial charge in [0.1, 0.15) is 5.60 Å². The summed E-state index contributed by atoms with van der Waals surface area (Å²) in [6, 6.07) is 6.33. The zero-order valence-corrected chi connectivity index (χ0v) is 12.2. The van der Waals surface area contributed by atoms with Crippen molar-refractivity contribution in [2.75, 3.05) is 7.11 Å². The predicted octanol–water partition coefficient (Wildman–Crippen LogP) is 2.76. The smallest absolute Gasteiger partial charge is 0.258 e. The van der Waals surface area contributed by atoms with E-state index in [-0.39, 0.29) is 5.60 Å². The molecule has 5 heteroatoms. The molecule has 0 unspecified atom stereocenters. The Morgan fingerprint density at radius 1 is 1.19 bits per heavy atom. The van der Waals surface area contributed by atoms with Crippen molar-refractivity contribution < 1.29 is 9.26 Å². The molecule has 2 aromatic rings. The molecule has 21 heavy (non-hydrogen) atoms. The van der Waals surface area contributed by atoms with Crippen molar-refractivity contribution in [3.63, 3.8) is 0 Å². The minimum absolute atomic E-state index is 0.347. The number of nitrogens with one attached hydrogen (secondary N) is 1. The van der Waals surface area contributed by atoms with Gasteiger partial charge in [-0.1, -0.05) is 11.2 Å². The summed E-state index contributed by atoms with van der Waals surface area (Å²) in [4.78, 5) is 4.61. The van der Waals surface area contributed by atoms with Crippen LogP contribution in [0.25, 0.3) is 11.5 Å². The Hall–Kier alpha value is -1.72. The van der Waals surface area contributed by atoms with Gasteiger partial charge >= 0.3 is 0 Å². The highest BCUT2D eigenvalue weighted by Crippen LogP contribution is 2.40. The molecule has 1 aromatic heterocycles. The fourth-order valence-electron chi connectivity index (χ4n) is 3.42. The molecule has 0 radical (unpaired) electrons. The maximum absolute atomic E-state index is 5.71. The highest BCUT2D eigenvalue weighted by Gasteiger charge is 2.40.